The van der Waals surface area contributed by atoms with Gasteiger partial charge in [-0.3, -0.25) is 0 Å². The monoisotopic (exact) mass is 344 g/mol. The molecule has 0 fully saturated rings. The average Bonchev–Trinajstić information content (AvgIpc) is 2.58. The summed E-state index contributed by atoms with van der Waals surface area (Å²) in [7, 11) is 0. The highest BCUT2D eigenvalue weighted by Gasteiger charge is 2.03. The molecular formula is C20H25FN2O2. The van der Waals surface area contributed by atoms with Crippen LogP contribution >= 0.6 is 0 Å². The van der Waals surface area contributed by atoms with E-state index in [1.807, 2.05) is 32.0 Å². The van der Waals surface area contributed by atoms with Crippen molar-refractivity contribution < 1.29 is 13.9 Å². The number of amides is 2. The summed E-state index contributed by atoms with van der Waals surface area (Å²) in [6.45, 7) is 5.66. The summed E-state index contributed by atoms with van der Waals surface area (Å²) in [6.07, 6.45) is 1.41. The van der Waals surface area contributed by atoms with E-state index in [4.69, 9.17) is 4.74 Å². The highest BCUT2D eigenvalue weighted by atomic mass is 19.1. The molecule has 5 heteroatoms. The number of rotatable bonds is 8. The fourth-order valence-electron chi connectivity index (χ4n) is 2.51. The normalized spacial score (nSPS) is 10.4. The van der Waals surface area contributed by atoms with Gasteiger partial charge in [0.25, 0.3) is 0 Å². The number of halogens is 1. The Kier molecular flexibility index (Phi) is 7.26. The van der Waals surface area contributed by atoms with Gasteiger partial charge in [-0.25, -0.2) is 9.18 Å². The highest BCUT2D eigenvalue weighted by molar-refractivity contribution is 5.73. The first-order valence-corrected chi connectivity index (χ1v) is 8.51. The van der Waals surface area contributed by atoms with Crippen LogP contribution in [0.5, 0.6) is 5.75 Å². The van der Waals surface area contributed by atoms with E-state index in [1.54, 1.807) is 12.1 Å². The van der Waals surface area contributed by atoms with Gasteiger partial charge in [-0.2, -0.15) is 0 Å². The van der Waals surface area contributed by atoms with Crippen molar-refractivity contribution >= 4 is 6.03 Å². The summed E-state index contributed by atoms with van der Waals surface area (Å²) < 4.78 is 18.6. The number of carbonyl (C=O) groups excluding carboxylic acids is 1. The lowest BCUT2D eigenvalue weighted by atomic mass is 10.1. The first-order chi connectivity index (χ1) is 12.1. The van der Waals surface area contributed by atoms with Crippen molar-refractivity contribution in [2.24, 2.45) is 0 Å². The van der Waals surface area contributed by atoms with Gasteiger partial charge in [0.05, 0.1) is 6.61 Å². The molecule has 0 bridgehead atoms. The molecule has 0 heterocycles. The van der Waals surface area contributed by atoms with Gasteiger partial charge in [0.15, 0.2) is 0 Å². The number of ether oxygens (including phenoxy) is 1. The molecule has 2 rings (SSSR count). The first kappa shape index (κ1) is 18.8. The van der Waals surface area contributed by atoms with Crippen LogP contribution in [0.25, 0.3) is 0 Å². The van der Waals surface area contributed by atoms with E-state index in [0.717, 1.165) is 28.9 Å². The van der Waals surface area contributed by atoms with Crippen LogP contribution in [-0.4, -0.2) is 25.7 Å². The summed E-state index contributed by atoms with van der Waals surface area (Å²) in [4.78, 5) is 11.7. The Morgan fingerprint density at radius 3 is 2.32 bits per heavy atom. The van der Waals surface area contributed by atoms with Crippen LogP contribution in [0.4, 0.5) is 9.18 Å². The van der Waals surface area contributed by atoms with Crippen LogP contribution in [-0.2, 0) is 6.42 Å². The predicted octanol–water partition coefficient (Wildman–Crippen LogP) is 3.75. The van der Waals surface area contributed by atoms with Crippen LogP contribution in [0.3, 0.4) is 0 Å². The molecule has 2 aromatic rings. The minimum absolute atomic E-state index is 0.200. The third-order valence-corrected chi connectivity index (χ3v) is 3.87. The van der Waals surface area contributed by atoms with Crippen molar-refractivity contribution in [2.75, 3.05) is 19.7 Å². The molecule has 25 heavy (non-hydrogen) atoms. The summed E-state index contributed by atoms with van der Waals surface area (Å²) in [5.41, 5.74) is 3.22. The van der Waals surface area contributed by atoms with E-state index in [9.17, 15) is 9.18 Å². The average molecular weight is 344 g/mol. The number of nitrogens with one attached hydrogen (secondary N) is 2. The van der Waals surface area contributed by atoms with Crippen molar-refractivity contribution in [3.8, 4) is 5.75 Å². The Hall–Kier alpha value is -2.56. The number of benzene rings is 2. The van der Waals surface area contributed by atoms with Crippen molar-refractivity contribution in [3.05, 3.63) is 65.0 Å². The lowest BCUT2D eigenvalue weighted by molar-refractivity contribution is 0.239. The molecule has 0 spiro atoms. The molecule has 0 saturated heterocycles. The smallest absolute Gasteiger partial charge is 0.314 e. The highest BCUT2D eigenvalue weighted by Crippen LogP contribution is 2.22. The fraction of sp³-hybridized carbons (Fsp3) is 0.350. The van der Waals surface area contributed by atoms with Gasteiger partial charge in [0, 0.05) is 13.1 Å². The summed E-state index contributed by atoms with van der Waals surface area (Å²) >= 11 is 0. The molecule has 2 amide bonds. The summed E-state index contributed by atoms with van der Waals surface area (Å²) in [6, 6.07) is 12.1. The number of urea groups is 1. The molecule has 0 aromatic heterocycles. The second kappa shape index (κ2) is 9.67. The molecule has 0 aliphatic rings. The molecule has 0 atom stereocenters. The maximum absolute atomic E-state index is 12.8. The van der Waals surface area contributed by atoms with Gasteiger partial charge >= 0.3 is 6.03 Å². The number of hydrogen-bond donors (Lipinski definition) is 2. The number of aryl methyl sites for hydroxylation is 2. The number of hydrogen-bond acceptors (Lipinski definition) is 2. The second-order valence-electron chi connectivity index (χ2n) is 5.98. The topological polar surface area (TPSA) is 50.4 Å². The van der Waals surface area contributed by atoms with E-state index >= 15 is 0 Å². The van der Waals surface area contributed by atoms with Crippen molar-refractivity contribution in [2.45, 2.75) is 26.7 Å². The van der Waals surface area contributed by atoms with E-state index in [1.165, 1.54) is 12.1 Å². The third-order valence-electron chi connectivity index (χ3n) is 3.87. The van der Waals surface area contributed by atoms with Gasteiger partial charge in [0.1, 0.15) is 11.6 Å². The Balaban J connectivity index is 1.57. The molecule has 134 valence electrons. The van der Waals surface area contributed by atoms with Crippen LogP contribution in [0, 0.1) is 19.7 Å². The summed E-state index contributed by atoms with van der Waals surface area (Å²) in [5, 5.41) is 5.59. The Bertz CT molecular complexity index is 666. The Labute approximate surface area is 148 Å². The Morgan fingerprint density at radius 1 is 1.00 bits per heavy atom. The van der Waals surface area contributed by atoms with Crippen LogP contribution in [0.15, 0.2) is 42.5 Å². The molecule has 4 nitrogen and oxygen atoms in total. The maximum Gasteiger partial charge on any atom is 0.314 e. The molecule has 2 aromatic carbocycles. The fourth-order valence-corrected chi connectivity index (χ4v) is 2.51. The molecule has 0 radical (unpaired) electrons. The van der Waals surface area contributed by atoms with E-state index in [-0.39, 0.29) is 11.8 Å². The quantitative estimate of drug-likeness (QED) is 0.717. The van der Waals surface area contributed by atoms with Crippen molar-refractivity contribution in [1.82, 2.24) is 10.6 Å². The van der Waals surface area contributed by atoms with Crippen molar-refractivity contribution in [3.63, 3.8) is 0 Å². The number of para-hydroxylation sites is 1. The first-order valence-electron chi connectivity index (χ1n) is 8.51. The zero-order chi connectivity index (χ0) is 18.1. The van der Waals surface area contributed by atoms with Gasteiger partial charge in [-0.05, 0) is 55.5 Å². The second-order valence-corrected chi connectivity index (χ2v) is 5.98. The molecule has 0 aliphatic carbocycles. The van der Waals surface area contributed by atoms with Gasteiger partial charge < -0.3 is 15.4 Å². The SMILES string of the molecule is Cc1cccc(C)c1OCCCNC(=O)NCCc1ccc(F)cc1. The van der Waals surface area contributed by atoms with E-state index < -0.39 is 0 Å². The molecule has 0 saturated carbocycles. The minimum atomic E-state index is -0.252. The Morgan fingerprint density at radius 2 is 1.64 bits per heavy atom. The van der Waals surface area contributed by atoms with Crippen LogP contribution < -0.4 is 15.4 Å². The number of carbonyl (C=O) groups is 1. The third kappa shape index (κ3) is 6.45. The van der Waals surface area contributed by atoms with E-state index in [2.05, 4.69) is 10.6 Å². The van der Waals surface area contributed by atoms with Gasteiger partial charge in [-0.1, -0.05) is 30.3 Å². The van der Waals surface area contributed by atoms with E-state index in [0.29, 0.717) is 26.1 Å². The minimum Gasteiger partial charge on any atom is -0.493 e. The largest absolute Gasteiger partial charge is 0.493 e. The molecule has 2 N–H and O–H groups in total. The zero-order valence-electron chi connectivity index (χ0n) is 14.8. The standard InChI is InChI=1S/C20H25FN2O2/c1-15-5-3-6-16(2)19(15)25-14-4-12-22-20(24)23-13-11-17-7-9-18(21)10-8-17/h3,5-10H,4,11-14H2,1-2H3,(H2,22,23,24). The van der Waals surface area contributed by atoms with Crippen LogP contribution in [0.1, 0.15) is 23.1 Å². The lowest BCUT2D eigenvalue weighted by Gasteiger charge is -2.12. The molecular weight excluding hydrogens is 319 g/mol. The van der Waals surface area contributed by atoms with Crippen LogP contribution in [0.2, 0.25) is 0 Å². The van der Waals surface area contributed by atoms with Gasteiger partial charge in [-0.15, -0.1) is 0 Å². The summed E-state index contributed by atoms with van der Waals surface area (Å²) in [5.74, 6) is 0.670. The van der Waals surface area contributed by atoms with Gasteiger partial charge in [0.2, 0.25) is 0 Å². The molecule has 0 unspecified atom stereocenters. The predicted molar refractivity (Wildman–Crippen MR) is 97.5 cm³/mol. The lowest BCUT2D eigenvalue weighted by Crippen LogP contribution is -2.37. The molecule has 0 aliphatic heterocycles. The zero-order valence-corrected chi connectivity index (χ0v) is 14.8. The maximum atomic E-state index is 12.8. The van der Waals surface area contributed by atoms with Crippen molar-refractivity contribution in [1.29, 1.82) is 0 Å².